The lowest BCUT2D eigenvalue weighted by atomic mass is 10.9. The molecular weight excluding hydrogens is 302 g/mol. The Labute approximate surface area is 89.9 Å². The van der Waals surface area contributed by atoms with Crippen molar-refractivity contribution in [3.8, 4) is 0 Å². The van der Waals surface area contributed by atoms with Gasteiger partial charge in [-0.25, -0.2) is 17.9 Å². The van der Waals surface area contributed by atoms with Crippen molar-refractivity contribution in [2.24, 2.45) is 0 Å². The fraction of sp³-hybridized carbons (Fsp3) is 0. The van der Waals surface area contributed by atoms with Crippen LogP contribution in [0.5, 0.6) is 0 Å². The van der Waals surface area contributed by atoms with Gasteiger partial charge in [0.15, 0.2) is 8.94 Å². The first-order valence-electron chi connectivity index (χ1n) is 2.93. The Bertz CT molecular complexity index is 527. The summed E-state index contributed by atoms with van der Waals surface area (Å²) in [4.78, 5) is 4.25. The van der Waals surface area contributed by atoms with Gasteiger partial charge in [0.2, 0.25) is 4.96 Å². The van der Waals surface area contributed by atoms with Gasteiger partial charge < -0.3 is 0 Å². The van der Waals surface area contributed by atoms with Gasteiger partial charge in [-0.1, -0.05) is 11.3 Å². The molecule has 0 aliphatic rings. The second-order valence-corrected chi connectivity index (χ2v) is 6.84. The lowest BCUT2D eigenvalue weighted by molar-refractivity contribution is 0.607. The molecule has 0 aliphatic carbocycles. The van der Waals surface area contributed by atoms with E-state index in [1.54, 1.807) is 0 Å². The van der Waals surface area contributed by atoms with E-state index in [-0.39, 0.29) is 5.03 Å². The molecule has 0 amide bonds. The van der Waals surface area contributed by atoms with Gasteiger partial charge in [-0.3, -0.25) is 0 Å². The van der Waals surface area contributed by atoms with Crippen molar-refractivity contribution in [2.45, 2.75) is 5.03 Å². The highest BCUT2D eigenvalue weighted by Gasteiger charge is 2.16. The zero-order valence-electron chi connectivity index (χ0n) is 5.81. The minimum absolute atomic E-state index is 0.180. The fourth-order valence-corrected chi connectivity index (χ4v) is 2.69. The Morgan fingerprint density at radius 1 is 1.62 bits per heavy atom. The van der Waals surface area contributed by atoms with E-state index in [1.807, 2.05) is 0 Å². The van der Waals surface area contributed by atoms with Crippen molar-refractivity contribution < 1.29 is 8.42 Å². The van der Waals surface area contributed by atoms with Gasteiger partial charge in [0.25, 0.3) is 9.05 Å². The topological polar surface area (TPSA) is 64.3 Å². The summed E-state index contributed by atoms with van der Waals surface area (Å²) in [5.41, 5.74) is 0. The summed E-state index contributed by atoms with van der Waals surface area (Å²) in [5, 5.41) is 3.73. The SMILES string of the molecule is O=S(=O)(Cl)c1cn2nc(Br)sc2n1. The normalized spacial score (nSPS) is 12.5. The second kappa shape index (κ2) is 2.91. The molecule has 0 fully saturated rings. The Hall–Kier alpha value is -0.180. The number of aromatic nitrogens is 3. The first-order valence-corrected chi connectivity index (χ1v) is 6.85. The number of imidazole rings is 1. The third kappa shape index (κ3) is 1.71. The van der Waals surface area contributed by atoms with E-state index in [0.29, 0.717) is 8.88 Å². The van der Waals surface area contributed by atoms with E-state index in [9.17, 15) is 8.42 Å². The quantitative estimate of drug-likeness (QED) is 0.749. The molecule has 0 spiro atoms. The van der Waals surface area contributed by atoms with Crippen LogP contribution in [0.15, 0.2) is 15.1 Å². The summed E-state index contributed by atoms with van der Waals surface area (Å²) < 4.78 is 23.7. The van der Waals surface area contributed by atoms with Crippen molar-refractivity contribution in [1.29, 1.82) is 0 Å². The van der Waals surface area contributed by atoms with Crippen LogP contribution in [-0.2, 0) is 9.05 Å². The Morgan fingerprint density at radius 3 is 2.85 bits per heavy atom. The van der Waals surface area contributed by atoms with E-state index < -0.39 is 9.05 Å². The van der Waals surface area contributed by atoms with Crippen LogP contribution in [0, 0.1) is 0 Å². The van der Waals surface area contributed by atoms with Crippen LogP contribution in [-0.4, -0.2) is 23.0 Å². The van der Waals surface area contributed by atoms with Gasteiger partial charge in [0, 0.05) is 10.7 Å². The van der Waals surface area contributed by atoms with Crippen molar-refractivity contribution in [3.63, 3.8) is 0 Å². The first-order chi connectivity index (χ1) is 5.97. The van der Waals surface area contributed by atoms with E-state index in [4.69, 9.17) is 10.7 Å². The largest absolute Gasteiger partial charge is 0.280 e. The monoisotopic (exact) mass is 301 g/mol. The predicted molar refractivity (Wildman–Crippen MR) is 51.6 cm³/mol. The summed E-state index contributed by atoms with van der Waals surface area (Å²) in [5.74, 6) is 0. The smallest absolute Gasteiger partial charge is 0.209 e. The van der Waals surface area contributed by atoms with E-state index in [2.05, 4.69) is 26.0 Å². The Kier molecular flexibility index (Phi) is 2.10. The Morgan fingerprint density at radius 2 is 2.31 bits per heavy atom. The molecule has 0 aromatic carbocycles. The molecule has 0 saturated carbocycles. The van der Waals surface area contributed by atoms with Crippen molar-refractivity contribution in [2.75, 3.05) is 0 Å². The highest BCUT2D eigenvalue weighted by Crippen LogP contribution is 2.22. The zero-order chi connectivity index (χ0) is 9.64. The maximum absolute atomic E-state index is 10.8. The summed E-state index contributed by atoms with van der Waals surface area (Å²) in [6.07, 6.45) is 1.26. The van der Waals surface area contributed by atoms with E-state index in [0.717, 1.165) is 0 Å². The molecule has 70 valence electrons. The maximum atomic E-state index is 10.8. The summed E-state index contributed by atoms with van der Waals surface area (Å²) in [6.45, 7) is 0. The molecular formula is C4HBrClN3O2S2. The van der Waals surface area contributed by atoms with Crippen LogP contribution in [0.3, 0.4) is 0 Å². The molecule has 2 aromatic heterocycles. The van der Waals surface area contributed by atoms with Gasteiger partial charge in [-0.05, 0) is 15.9 Å². The number of halogens is 2. The van der Waals surface area contributed by atoms with E-state index in [1.165, 1.54) is 22.0 Å². The lowest BCUT2D eigenvalue weighted by Gasteiger charge is -1.83. The van der Waals surface area contributed by atoms with E-state index >= 15 is 0 Å². The molecule has 0 bridgehead atoms. The molecule has 2 aromatic rings. The fourth-order valence-electron chi connectivity index (χ4n) is 0.773. The molecule has 2 rings (SSSR count). The van der Waals surface area contributed by atoms with Crippen LogP contribution >= 0.6 is 37.9 Å². The van der Waals surface area contributed by atoms with Crippen LogP contribution in [0.25, 0.3) is 4.96 Å². The predicted octanol–water partition coefficient (Wildman–Crippen LogP) is 1.48. The van der Waals surface area contributed by atoms with Gasteiger partial charge in [0.1, 0.15) is 0 Å². The van der Waals surface area contributed by atoms with Crippen molar-refractivity contribution in [1.82, 2.24) is 14.6 Å². The van der Waals surface area contributed by atoms with Crippen LogP contribution in [0.4, 0.5) is 0 Å². The van der Waals surface area contributed by atoms with Gasteiger partial charge in [-0.2, -0.15) is 0 Å². The molecule has 5 nitrogen and oxygen atoms in total. The maximum Gasteiger partial charge on any atom is 0.280 e. The minimum atomic E-state index is -3.76. The molecule has 9 heteroatoms. The molecule has 2 heterocycles. The Balaban J connectivity index is 2.71. The average molecular weight is 303 g/mol. The molecule has 0 radical (unpaired) electrons. The van der Waals surface area contributed by atoms with Crippen LogP contribution < -0.4 is 0 Å². The second-order valence-electron chi connectivity index (χ2n) is 2.10. The van der Waals surface area contributed by atoms with Gasteiger partial charge in [-0.15, -0.1) is 5.10 Å². The number of hydrogen-bond acceptors (Lipinski definition) is 5. The van der Waals surface area contributed by atoms with Crippen LogP contribution in [0.1, 0.15) is 0 Å². The summed E-state index contributed by atoms with van der Waals surface area (Å²) >= 11 is 4.37. The van der Waals surface area contributed by atoms with Gasteiger partial charge >= 0.3 is 0 Å². The highest BCUT2D eigenvalue weighted by molar-refractivity contribution is 9.11. The molecule has 13 heavy (non-hydrogen) atoms. The zero-order valence-corrected chi connectivity index (χ0v) is 9.78. The van der Waals surface area contributed by atoms with Gasteiger partial charge in [0.05, 0.1) is 6.20 Å². The number of rotatable bonds is 1. The number of hydrogen-bond donors (Lipinski definition) is 0. The third-order valence-electron chi connectivity index (χ3n) is 1.25. The number of fused-ring (bicyclic) bond motifs is 1. The third-order valence-corrected chi connectivity index (χ3v) is 3.77. The summed E-state index contributed by atoms with van der Waals surface area (Å²) in [6, 6.07) is 0. The molecule has 0 saturated heterocycles. The number of nitrogens with zero attached hydrogens (tertiary/aromatic N) is 3. The molecule has 0 atom stereocenters. The minimum Gasteiger partial charge on any atom is -0.209 e. The molecule has 0 N–H and O–H groups in total. The highest BCUT2D eigenvalue weighted by atomic mass is 79.9. The standard InChI is InChI=1S/C4HBrClN3O2S2/c5-3-8-9-1-2(13(6,10)11)7-4(9)12-3/h1H. The molecule has 0 aliphatic heterocycles. The van der Waals surface area contributed by atoms with Crippen molar-refractivity contribution >= 4 is 52.0 Å². The van der Waals surface area contributed by atoms with Crippen molar-refractivity contribution in [3.05, 3.63) is 10.1 Å². The first kappa shape index (κ1) is 9.38. The summed E-state index contributed by atoms with van der Waals surface area (Å²) in [7, 11) is 1.33. The average Bonchev–Trinajstić information content (AvgIpc) is 2.40. The van der Waals surface area contributed by atoms with Crippen LogP contribution in [0.2, 0.25) is 0 Å². The molecule has 0 unspecified atom stereocenters. The lowest BCUT2D eigenvalue weighted by Crippen LogP contribution is -1.89.